The van der Waals surface area contributed by atoms with Crippen molar-refractivity contribution in [1.82, 2.24) is 5.32 Å². The molecule has 0 aliphatic rings. The molecule has 2 aromatic rings. The summed E-state index contributed by atoms with van der Waals surface area (Å²) in [6.45, 7) is 4.33. The number of carbonyl (C=O) groups excluding carboxylic acids is 1. The largest absolute Gasteiger partial charge is 0.455 e. The summed E-state index contributed by atoms with van der Waals surface area (Å²) in [5.41, 5.74) is 7.74. The molecule has 0 atom stereocenters. The van der Waals surface area contributed by atoms with Gasteiger partial charge in [0.15, 0.2) is 0 Å². The maximum absolute atomic E-state index is 12.0. The molecule has 0 spiro atoms. The lowest BCUT2D eigenvalue weighted by atomic mass is 10.1. The number of nitrogens with two attached hydrogens (primary N) is 1. The quantitative estimate of drug-likeness (QED) is 0.845. The molecule has 0 unspecified atom stereocenters. The lowest BCUT2D eigenvalue weighted by Gasteiger charge is -2.13. The average molecular weight is 305 g/mol. The van der Waals surface area contributed by atoms with Gasteiger partial charge in [0.2, 0.25) is 0 Å². The summed E-state index contributed by atoms with van der Waals surface area (Å²) in [5, 5.41) is 3.22. The molecule has 0 radical (unpaired) electrons. The van der Waals surface area contributed by atoms with Gasteiger partial charge in [0.05, 0.1) is 10.6 Å². The number of hydrogen-bond acceptors (Lipinski definition) is 3. The van der Waals surface area contributed by atoms with Crippen molar-refractivity contribution in [3.05, 3.63) is 52.5 Å². The first kappa shape index (κ1) is 15.2. The lowest BCUT2D eigenvalue weighted by Crippen LogP contribution is -2.23. The molecule has 1 amide bonds. The van der Waals surface area contributed by atoms with Crippen LogP contribution in [-0.4, -0.2) is 12.5 Å². The van der Waals surface area contributed by atoms with Crippen LogP contribution in [0.1, 0.15) is 22.8 Å². The maximum Gasteiger partial charge on any atom is 0.255 e. The lowest BCUT2D eigenvalue weighted by molar-refractivity contribution is 0.0953. The molecule has 0 saturated carbocycles. The van der Waals surface area contributed by atoms with Gasteiger partial charge in [0.25, 0.3) is 5.91 Å². The summed E-state index contributed by atoms with van der Waals surface area (Å²) in [5.74, 6) is 0.654. The fourth-order valence-corrected chi connectivity index (χ4v) is 2.15. The van der Waals surface area contributed by atoms with E-state index in [2.05, 4.69) is 5.32 Å². The number of hydrogen-bond donors (Lipinski definition) is 2. The first-order chi connectivity index (χ1) is 10.0. The first-order valence-corrected chi connectivity index (χ1v) is 7.00. The van der Waals surface area contributed by atoms with Gasteiger partial charge in [-0.25, -0.2) is 0 Å². The Morgan fingerprint density at radius 1 is 1.24 bits per heavy atom. The van der Waals surface area contributed by atoms with Crippen LogP contribution < -0.4 is 15.8 Å². The molecule has 5 heteroatoms. The second-order valence-electron chi connectivity index (χ2n) is 4.65. The molecule has 3 N–H and O–H groups in total. The molecule has 2 aromatic carbocycles. The Labute approximate surface area is 128 Å². The van der Waals surface area contributed by atoms with E-state index in [0.29, 0.717) is 34.3 Å². The van der Waals surface area contributed by atoms with E-state index in [-0.39, 0.29) is 5.91 Å². The number of nitrogen functional groups attached to an aromatic ring is 1. The van der Waals surface area contributed by atoms with E-state index in [9.17, 15) is 4.79 Å². The van der Waals surface area contributed by atoms with Crippen molar-refractivity contribution in [2.24, 2.45) is 0 Å². The van der Waals surface area contributed by atoms with Crippen molar-refractivity contribution in [3.63, 3.8) is 0 Å². The van der Waals surface area contributed by atoms with Crippen LogP contribution in [0.3, 0.4) is 0 Å². The monoisotopic (exact) mass is 304 g/mol. The van der Waals surface area contributed by atoms with E-state index in [1.54, 1.807) is 30.3 Å². The molecular formula is C16H17ClN2O2. The van der Waals surface area contributed by atoms with Crippen LogP contribution in [-0.2, 0) is 0 Å². The highest BCUT2D eigenvalue weighted by Crippen LogP contribution is 2.33. The van der Waals surface area contributed by atoms with Gasteiger partial charge in [-0.05, 0) is 43.7 Å². The summed E-state index contributed by atoms with van der Waals surface area (Å²) in [4.78, 5) is 12.0. The van der Waals surface area contributed by atoms with Gasteiger partial charge in [-0.15, -0.1) is 0 Å². The van der Waals surface area contributed by atoms with Crippen molar-refractivity contribution < 1.29 is 9.53 Å². The van der Waals surface area contributed by atoms with Crippen LogP contribution >= 0.6 is 11.6 Å². The molecule has 0 aliphatic heterocycles. The number of ether oxygens (including phenoxy) is 1. The molecule has 0 fully saturated rings. The van der Waals surface area contributed by atoms with Gasteiger partial charge < -0.3 is 15.8 Å². The maximum atomic E-state index is 12.0. The van der Waals surface area contributed by atoms with E-state index >= 15 is 0 Å². The standard InChI is InChI=1S/C16H17ClN2O2/c1-3-19-16(20)12-6-5-11(18)9-15(12)21-14-7-4-10(2)8-13(14)17/h4-9H,3,18H2,1-2H3,(H,19,20). The van der Waals surface area contributed by atoms with Crippen LogP contribution in [0.25, 0.3) is 0 Å². The molecular weight excluding hydrogens is 288 g/mol. The third-order valence-corrected chi connectivity index (χ3v) is 3.19. The number of benzene rings is 2. The Bertz CT molecular complexity index is 671. The van der Waals surface area contributed by atoms with E-state index in [1.165, 1.54) is 0 Å². The minimum absolute atomic E-state index is 0.212. The molecule has 21 heavy (non-hydrogen) atoms. The molecule has 0 heterocycles. The fraction of sp³-hybridized carbons (Fsp3) is 0.188. The number of amides is 1. The van der Waals surface area contributed by atoms with Gasteiger partial charge in [-0.2, -0.15) is 0 Å². The summed E-state index contributed by atoms with van der Waals surface area (Å²) in [7, 11) is 0. The highest BCUT2D eigenvalue weighted by Gasteiger charge is 2.14. The minimum atomic E-state index is -0.212. The third-order valence-electron chi connectivity index (χ3n) is 2.89. The van der Waals surface area contributed by atoms with Gasteiger partial charge >= 0.3 is 0 Å². The zero-order chi connectivity index (χ0) is 15.4. The normalized spacial score (nSPS) is 10.2. The molecule has 0 aliphatic carbocycles. The van der Waals surface area contributed by atoms with Crippen molar-refractivity contribution in [3.8, 4) is 11.5 Å². The highest BCUT2D eigenvalue weighted by molar-refractivity contribution is 6.32. The van der Waals surface area contributed by atoms with Crippen LogP contribution in [0.5, 0.6) is 11.5 Å². The zero-order valence-electron chi connectivity index (χ0n) is 11.9. The van der Waals surface area contributed by atoms with Crippen LogP contribution in [0.15, 0.2) is 36.4 Å². The molecule has 4 nitrogen and oxygen atoms in total. The molecule has 0 saturated heterocycles. The Morgan fingerprint density at radius 2 is 2.00 bits per heavy atom. The highest BCUT2D eigenvalue weighted by atomic mass is 35.5. The van der Waals surface area contributed by atoms with Crippen molar-refractivity contribution in [2.75, 3.05) is 12.3 Å². The first-order valence-electron chi connectivity index (χ1n) is 6.63. The zero-order valence-corrected chi connectivity index (χ0v) is 12.7. The van der Waals surface area contributed by atoms with Gasteiger partial charge in [0, 0.05) is 18.3 Å². The van der Waals surface area contributed by atoms with E-state index in [1.807, 2.05) is 19.9 Å². The molecule has 110 valence electrons. The molecule has 0 aromatic heterocycles. The number of halogens is 1. The van der Waals surface area contributed by atoms with Gasteiger partial charge in [0.1, 0.15) is 11.5 Å². The van der Waals surface area contributed by atoms with Crippen molar-refractivity contribution >= 4 is 23.2 Å². The van der Waals surface area contributed by atoms with Crippen LogP contribution in [0.4, 0.5) is 5.69 Å². The smallest absolute Gasteiger partial charge is 0.255 e. The number of rotatable bonds is 4. The Morgan fingerprint density at radius 3 is 2.67 bits per heavy atom. The summed E-state index contributed by atoms with van der Waals surface area (Å²) in [6, 6.07) is 10.4. The second-order valence-corrected chi connectivity index (χ2v) is 5.06. The van der Waals surface area contributed by atoms with Crippen molar-refractivity contribution in [1.29, 1.82) is 0 Å². The van der Waals surface area contributed by atoms with Gasteiger partial charge in [-0.3, -0.25) is 4.79 Å². The molecule has 0 bridgehead atoms. The average Bonchev–Trinajstić information content (AvgIpc) is 2.42. The molecule has 2 rings (SSSR count). The van der Waals surface area contributed by atoms with Crippen LogP contribution in [0, 0.1) is 6.92 Å². The number of aryl methyl sites for hydroxylation is 1. The topological polar surface area (TPSA) is 64.4 Å². The van der Waals surface area contributed by atoms with Crippen LogP contribution in [0.2, 0.25) is 5.02 Å². The SMILES string of the molecule is CCNC(=O)c1ccc(N)cc1Oc1ccc(C)cc1Cl. The predicted octanol–water partition coefficient (Wildman–Crippen LogP) is 3.77. The van der Waals surface area contributed by atoms with E-state index < -0.39 is 0 Å². The fourth-order valence-electron chi connectivity index (χ4n) is 1.87. The minimum Gasteiger partial charge on any atom is -0.455 e. The van der Waals surface area contributed by atoms with Crippen molar-refractivity contribution in [2.45, 2.75) is 13.8 Å². The summed E-state index contributed by atoms with van der Waals surface area (Å²) in [6.07, 6.45) is 0. The number of nitrogens with one attached hydrogen (secondary N) is 1. The Hall–Kier alpha value is -2.20. The van der Waals surface area contributed by atoms with E-state index in [4.69, 9.17) is 22.1 Å². The Kier molecular flexibility index (Phi) is 4.70. The number of anilines is 1. The Balaban J connectivity index is 2.38. The third kappa shape index (κ3) is 3.67. The summed E-state index contributed by atoms with van der Waals surface area (Å²) >= 11 is 6.16. The second kappa shape index (κ2) is 6.50. The predicted molar refractivity (Wildman–Crippen MR) is 85.1 cm³/mol. The van der Waals surface area contributed by atoms with Gasteiger partial charge in [-0.1, -0.05) is 17.7 Å². The number of carbonyl (C=O) groups is 1. The summed E-state index contributed by atoms with van der Waals surface area (Å²) < 4.78 is 5.77. The van der Waals surface area contributed by atoms with E-state index in [0.717, 1.165) is 5.56 Å².